The van der Waals surface area contributed by atoms with Crippen LogP contribution in [0.2, 0.25) is 0 Å². The lowest BCUT2D eigenvalue weighted by Gasteiger charge is -2.28. The number of hydrogen-bond donors (Lipinski definition) is 3. The Kier molecular flexibility index (Phi) is 6.39. The lowest BCUT2D eigenvalue weighted by molar-refractivity contribution is 0.0925. The topological polar surface area (TPSA) is 96.5 Å². The molecule has 27 heavy (non-hydrogen) atoms. The molecule has 1 aliphatic carbocycles. The van der Waals surface area contributed by atoms with E-state index < -0.39 is 10.0 Å². The van der Waals surface area contributed by atoms with Gasteiger partial charge in [-0.25, -0.2) is 13.1 Å². The molecule has 3 N–H and O–H groups in total. The second-order valence-corrected chi connectivity index (χ2v) is 9.20. The number of ether oxygens (including phenoxy) is 1. The largest absolute Gasteiger partial charge is 0.495 e. The Hall–Kier alpha value is -1.64. The fourth-order valence-corrected chi connectivity index (χ4v) is 5.39. The molecule has 2 unspecified atom stereocenters. The van der Waals surface area contributed by atoms with Crippen molar-refractivity contribution >= 4 is 15.9 Å². The molecule has 8 heteroatoms. The van der Waals surface area contributed by atoms with Crippen molar-refractivity contribution in [1.29, 1.82) is 0 Å². The fraction of sp³-hybridized carbons (Fsp3) is 0.632. The van der Waals surface area contributed by atoms with Gasteiger partial charge < -0.3 is 15.4 Å². The average molecular weight is 396 g/mol. The van der Waals surface area contributed by atoms with Gasteiger partial charge >= 0.3 is 0 Å². The molecule has 150 valence electrons. The van der Waals surface area contributed by atoms with Crippen LogP contribution in [0.1, 0.15) is 55.8 Å². The first-order valence-corrected chi connectivity index (χ1v) is 11.1. The van der Waals surface area contributed by atoms with E-state index in [4.69, 9.17) is 4.74 Å². The molecular formula is C19H29N3O4S. The number of nitrogens with one attached hydrogen (secondary N) is 3. The first kappa shape index (κ1) is 20.1. The normalized spacial score (nSPS) is 23.9. The zero-order chi connectivity index (χ0) is 19.4. The van der Waals surface area contributed by atoms with Gasteiger partial charge in [-0.2, -0.15) is 0 Å². The van der Waals surface area contributed by atoms with E-state index in [1.807, 2.05) is 0 Å². The van der Waals surface area contributed by atoms with Crippen molar-refractivity contribution in [2.45, 2.75) is 68.5 Å². The molecule has 1 aromatic rings. The maximum atomic E-state index is 12.8. The van der Waals surface area contributed by atoms with E-state index in [0.29, 0.717) is 11.6 Å². The molecule has 7 nitrogen and oxygen atoms in total. The van der Waals surface area contributed by atoms with Gasteiger partial charge in [-0.3, -0.25) is 4.79 Å². The molecule has 0 bridgehead atoms. The van der Waals surface area contributed by atoms with Crippen molar-refractivity contribution in [2.75, 3.05) is 13.7 Å². The monoisotopic (exact) mass is 395 g/mol. The second-order valence-electron chi connectivity index (χ2n) is 7.52. The highest BCUT2D eigenvalue weighted by molar-refractivity contribution is 7.89. The highest BCUT2D eigenvalue weighted by atomic mass is 32.2. The van der Waals surface area contributed by atoms with E-state index in [-0.39, 0.29) is 28.6 Å². The van der Waals surface area contributed by atoms with Crippen LogP contribution < -0.4 is 20.1 Å². The predicted molar refractivity (Wildman–Crippen MR) is 104 cm³/mol. The minimum atomic E-state index is -3.75. The number of methoxy groups -OCH3 is 1. The number of carbonyl (C=O) groups excluding carboxylic acids is 1. The third-order valence-electron chi connectivity index (χ3n) is 5.35. The van der Waals surface area contributed by atoms with Crippen molar-refractivity contribution < 1.29 is 17.9 Å². The van der Waals surface area contributed by atoms with Crippen LogP contribution in [-0.2, 0) is 10.0 Å². The Morgan fingerprint density at radius 1 is 1.19 bits per heavy atom. The van der Waals surface area contributed by atoms with Crippen LogP contribution >= 0.6 is 0 Å². The molecule has 1 amide bonds. The molecule has 2 aliphatic rings. The molecular weight excluding hydrogens is 366 g/mol. The molecule has 1 saturated carbocycles. The van der Waals surface area contributed by atoms with Crippen LogP contribution in [0.3, 0.4) is 0 Å². The number of benzene rings is 1. The Labute approximate surface area is 161 Å². The molecule has 2 fully saturated rings. The predicted octanol–water partition coefficient (Wildman–Crippen LogP) is 1.79. The third-order valence-corrected chi connectivity index (χ3v) is 6.89. The van der Waals surface area contributed by atoms with Crippen LogP contribution in [0, 0.1) is 0 Å². The van der Waals surface area contributed by atoms with E-state index >= 15 is 0 Å². The van der Waals surface area contributed by atoms with Crippen molar-refractivity contribution in [2.24, 2.45) is 0 Å². The number of sulfonamides is 1. The summed E-state index contributed by atoms with van der Waals surface area (Å²) in [5.41, 5.74) is 0.328. The fourth-order valence-electron chi connectivity index (χ4n) is 3.89. The second kappa shape index (κ2) is 8.58. The Morgan fingerprint density at radius 2 is 1.93 bits per heavy atom. The van der Waals surface area contributed by atoms with Crippen molar-refractivity contribution in [1.82, 2.24) is 15.4 Å². The van der Waals surface area contributed by atoms with Crippen LogP contribution in [0.4, 0.5) is 0 Å². The standard InChI is InChI=1S/C19H29N3O4S/c1-13-11-16(9-10-20-13)21-19(23)14-7-8-17(26-2)18(12-14)27(24,25)22-15-5-3-4-6-15/h7-8,12-13,15-16,20,22H,3-6,9-11H2,1-2H3,(H,21,23). The molecule has 2 atom stereocenters. The molecule has 1 aromatic carbocycles. The minimum absolute atomic E-state index is 0.0169. The summed E-state index contributed by atoms with van der Waals surface area (Å²) >= 11 is 0. The molecule has 1 saturated heterocycles. The highest BCUT2D eigenvalue weighted by Gasteiger charge is 2.27. The molecule has 1 aliphatic heterocycles. The van der Waals surface area contributed by atoms with Gasteiger partial charge in [-0.1, -0.05) is 12.8 Å². The van der Waals surface area contributed by atoms with Crippen molar-refractivity contribution in [3.05, 3.63) is 23.8 Å². The zero-order valence-corrected chi connectivity index (χ0v) is 16.8. The van der Waals surface area contributed by atoms with Crippen LogP contribution in [-0.4, -0.2) is 46.1 Å². The molecule has 0 radical (unpaired) electrons. The van der Waals surface area contributed by atoms with Gasteiger partial charge in [0.25, 0.3) is 5.91 Å². The maximum Gasteiger partial charge on any atom is 0.251 e. The molecule has 0 spiro atoms. The lowest BCUT2D eigenvalue weighted by atomic mass is 10.0. The highest BCUT2D eigenvalue weighted by Crippen LogP contribution is 2.27. The van der Waals surface area contributed by atoms with Crippen molar-refractivity contribution in [3.8, 4) is 5.75 Å². The van der Waals surface area contributed by atoms with E-state index in [2.05, 4.69) is 22.3 Å². The van der Waals surface area contributed by atoms with Crippen LogP contribution in [0.15, 0.2) is 23.1 Å². The van der Waals surface area contributed by atoms with E-state index in [1.54, 1.807) is 12.1 Å². The van der Waals surface area contributed by atoms with Gasteiger partial charge in [-0.05, 0) is 57.4 Å². The van der Waals surface area contributed by atoms with Crippen molar-refractivity contribution in [3.63, 3.8) is 0 Å². The number of rotatable bonds is 6. The number of carbonyl (C=O) groups is 1. The quantitative estimate of drug-likeness (QED) is 0.682. The summed E-state index contributed by atoms with van der Waals surface area (Å²) < 4.78 is 33.7. The first-order valence-electron chi connectivity index (χ1n) is 9.63. The van der Waals surface area contributed by atoms with Gasteiger partial charge in [0, 0.05) is 23.7 Å². The van der Waals surface area contributed by atoms with Gasteiger partial charge in [0.1, 0.15) is 10.6 Å². The van der Waals surface area contributed by atoms with E-state index in [1.165, 1.54) is 13.2 Å². The maximum absolute atomic E-state index is 12.8. The molecule has 3 rings (SSSR count). The van der Waals surface area contributed by atoms with Gasteiger partial charge in [0.05, 0.1) is 7.11 Å². The van der Waals surface area contributed by atoms with E-state index in [9.17, 15) is 13.2 Å². The SMILES string of the molecule is COc1ccc(C(=O)NC2CCNC(C)C2)cc1S(=O)(=O)NC1CCCC1. The van der Waals surface area contributed by atoms with Gasteiger partial charge in [0.2, 0.25) is 10.0 Å². The summed E-state index contributed by atoms with van der Waals surface area (Å²) in [7, 11) is -2.32. The van der Waals surface area contributed by atoms with Crippen LogP contribution in [0.25, 0.3) is 0 Å². The summed E-state index contributed by atoms with van der Waals surface area (Å²) in [6, 6.07) is 4.96. The summed E-state index contributed by atoms with van der Waals surface area (Å²) in [6.07, 6.45) is 5.46. The summed E-state index contributed by atoms with van der Waals surface area (Å²) in [6.45, 7) is 2.95. The third kappa shape index (κ3) is 5.00. The van der Waals surface area contributed by atoms with Gasteiger partial charge in [-0.15, -0.1) is 0 Å². The number of amides is 1. The lowest BCUT2D eigenvalue weighted by Crippen LogP contribution is -2.46. The number of hydrogen-bond acceptors (Lipinski definition) is 5. The minimum Gasteiger partial charge on any atom is -0.495 e. The smallest absolute Gasteiger partial charge is 0.251 e. The zero-order valence-electron chi connectivity index (χ0n) is 16.0. The average Bonchev–Trinajstić information content (AvgIpc) is 3.13. The first-order chi connectivity index (χ1) is 12.9. The van der Waals surface area contributed by atoms with Crippen LogP contribution in [0.5, 0.6) is 5.75 Å². The van der Waals surface area contributed by atoms with E-state index in [0.717, 1.165) is 45.1 Å². The summed E-state index contributed by atoms with van der Waals surface area (Å²) in [5, 5.41) is 6.37. The molecule has 0 aromatic heterocycles. The summed E-state index contributed by atoms with van der Waals surface area (Å²) in [5.74, 6) is -0.0124. The Balaban J connectivity index is 1.79. The Bertz CT molecular complexity index is 775. The Morgan fingerprint density at radius 3 is 2.59 bits per heavy atom. The summed E-state index contributed by atoms with van der Waals surface area (Å²) in [4.78, 5) is 12.7. The number of piperidine rings is 1. The van der Waals surface area contributed by atoms with Gasteiger partial charge in [0.15, 0.2) is 0 Å². The molecule has 1 heterocycles.